The molecule has 0 spiro atoms. The van der Waals surface area contributed by atoms with E-state index >= 15 is 0 Å². The maximum absolute atomic E-state index is 12.6. The number of aliphatic imine (C=N–C) groups is 1. The first kappa shape index (κ1) is 20.4. The van der Waals surface area contributed by atoms with Gasteiger partial charge in [-0.25, -0.2) is 13.4 Å². The van der Waals surface area contributed by atoms with E-state index in [1.54, 1.807) is 16.4 Å². The highest BCUT2D eigenvalue weighted by molar-refractivity contribution is 7.89. The van der Waals surface area contributed by atoms with Crippen LogP contribution in [0.4, 0.5) is 0 Å². The Morgan fingerprint density at radius 2 is 1.64 bits per heavy atom. The van der Waals surface area contributed by atoms with Crippen LogP contribution < -0.4 is 5.32 Å². The highest BCUT2D eigenvalue weighted by Crippen LogP contribution is 2.21. The molecule has 1 N–H and O–H groups in total. The fraction of sp³-hybridized carbons (Fsp3) is 0.381. The summed E-state index contributed by atoms with van der Waals surface area (Å²) >= 11 is 0. The monoisotopic (exact) mass is 400 g/mol. The normalized spacial score (nSPS) is 15.6. The lowest BCUT2D eigenvalue weighted by Crippen LogP contribution is -2.36. The molecule has 0 aliphatic carbocycles. The van der Waals surface area contributed by atoms with E-state index in [0.717, 1.165) is 29.9 Å². The molecule has 150 valence electrons. The quantitative estimate of drug-likeness (QED) is 0.598. The highest BCUT2D eigenvalue weighted by atomic mass is 32.2. The molecule has 0 unspecified atom stereocenters. The van der Waals surface area contributed by atoms with Crippen LogP contribution in [0.3, 0.4) is 0 Å². The number of sulfonamides is 1. The fourth-order valence-corrected chi connectivity index (χ4v) is 4.66. The summed E-state index contributed by atoms with van der Waals surface area (Å²) in [7, 11) is 0.535. The zero-order chi connectivity index (χ0) is 20.0. The standard InChI is InChI=1S/C21H28N4O2S/c1-24(2)21(22-16-18-8-4-3-5-9-18)23-17-19-10-12-20(13-11-19)28(26,27)25-14-6-7-15-25/h3-5,8-13H,6-7,14-17H2,1-2H3,(H,22,23). The van der Waals surface area contributed by atoms with Crippen LogP contribution in [0.15, 0.2) is 64.5 Å². The topological polar surface area (TPSA) is 65.0 Å². The molecule has 0 bridgehead atoms. The molecule has 1 saturated heterocycles. The molecule has 1 aliphatic heterocycles. The van der Waals surface area contributed by atoms with Crippen molar-refractivity contribution in [2.24, 2.45) is 4.99 Å². The molecule has 1 fully saturated rings. The predicted molar refractivity (Wildman–Crippen MR) is 113 cm³/mol. The van der Waals surface area contributed by atoms with E-state index in [9.17, 15) is 8.42 Å². The van der Waals surface area contributed by atoms with Gasteiger partial charge in [0.05, 0.1) is 11.4 Å². The Bertz CT molecular complexity index is 888. The van der Waals surface area contributed by atoms with Gasteiger partial charge in [0.1, 0.15) is 0 Å². The van der Waals surface area contributed by atoms with Gasteiger partial charge in [-0.1, -0.05) is 42.5 Å². The Labute approximate surface area is 167 Å². The van der Waals surface area contributed by atoms with Crippen molar-refractivity contribution in [3.8, 4) is 0 Å². The van der Waals surface area contributed by atoms with Crippen LogP contribution in [-0.4, -0.2) is 50.8 Å². The lowest BCUT2D eigenvalue weighted by atomic mass is 10.2. The molecule has 0 saturated carbocycles. The molecule has 7 heteroatoms. The van der Waals surface area contributed by atoms with Crippen molar-refractivity contribution < 1.29 is 8.42 Å². The van der Waals surface area contributed by atoms with Gasteiger partial charge in [0.25, 0.3) is 0 Å². The lowest BCUT2D eigenvalue weighted by Gasteiger charge is -2.18. The van der Waals surface area contributed by atoms with Crippen molar-refractivity contribution in [1.82, 2.24) is 14.5 Å². The molecule has 0 radical (unpaired) electrons. The maximum atomic E-state index is 12.6. The number of hydrogen-bond acceptors (Lipinski definition) is 3. The maximum Gasteiger partial charge on any atom is 0.243 e. The molecular weight excluding hydrogens is 372 g/mol. The molecule has 28 heavy (non-hydrogen) atoms. The van der Waals surface area contributed by atoms with Crippen LogP contribution in [0.5, 0.6) is 0 Å². The summed E-state index contributed by atoms with van der Waals surface area (Å²) in [6.07, 6.45) is 1.88. The number of hydrogen-bond donors (Lipinski definition) is 1. The Morgan fingerprint density at radius 1 is 1.00 bits per heavy atom. The third-order valence-corrected chi connectivity index (χ3v) is 6.67. The Hall–Kier alpha value is -2.38. The zero-order valence-electron chi connectivity index (χ0n) is 16.5. The van der Waals surface area contributed by atoms with E-state index in [2.05, 4.69) is 22.4 Å². The number of nitrogens with zero attached hydrogens (tertiary/aromatic N) is 3. The van der Waals surface area contributed by atoms with Crippen molar-refractivity contribution in [2.75, 3.05) is 27.2 Å². The minimum absolute atomic E-state index is 0.365. The lowest BCUT2D eigenvalue weighted by molar-refractivity contribution is 0.477. The van der Waals surface area contributed by atoms with E-state index in [4.69, 9.17) is 0 Å². The Kier molecular flexibility index (Phi) is 6.70. The van der Waals surface area contributed by atoms with Gasteiger partial charge in [-0.2, -0.15) is 4.31 Å². The van der Waals surface area contributed by atoms with E-state index in [0.29, 0.717) is 31.1 Å². The number of nitrogens with one attached hydrogen (secondary N) is 1. The van der Waals surface area contributed by atoms with Crippen molar-refractivity contribution in [1.29, 1.82) is 0 Å². The van der Waals surface area contributed by atoms with Gasteiger partial charge in [0.2, 0.25) is 10.0 Å². The van der Waals surface area contributed by atoms with Crippen LogP contribution in [0.25, 0.3) is 0 Å². The van der Waals surface area contributed by atoms with Crippen LogP contribution in [0.1, 0.15) is 24.0 Å². The van der Waals surface area contributed by atoms with Crippen LogP contribution in [-0.2, 0) is 23.1 Å². The summed E-state index contributed by atoms with van der Waals surface area (Å²) in [5.74, 6) is 0.789. The van der Waals surface area contributed by atoms with Gasteiger partial charge in [-0.05, 0) is 36.1 Å². The molecule has 2 aromatic rings. The Morgan fingerprint density at radius 3 is 2.25 bits per heavy atom. The summed E-state index contributed by atoms with van der Waals surface area (Å²) in [5.41, 5.74) is 2.16. The molecule has 2 aromatic carbocycles. The summed E-state index contributed by atoms with van der Waals surface area (Å²) < 4.78 is 26.8. The Balaban J connectivity index is 1.62. The van der Waals surface area contributed by atoms with Crippen LogP contribution in [0.2, 0.25) is 0 Å². The molecule has 6 nitrogen and oxygen atoms in total. The van der Waals surface area contributed by atoms with Gasteiger partial charge >= 0.3 is 0 Å². The third kappa shape index (κ3) is 5.11. The second kappa shape index (κ2) is 9.21. The molecule has 0 amide bonds. The first-order valence-corrected chi connectivity index (χ1v) is 11.0. The minimum atomic E-state index is -3.36. The summed E-state index contributed by atoms with van der Waals surface area (Å²) in [6.45, 7) is 2.43. The molecular formula is C21H28N4O2S. The minimum Gasteiger partial charge on any atom is -0.352 e. The van der Waals surface area contributed by atoms with E-state index in [1.165, 1.54) is 0 Å². The largest absolute Gasteiger partial charge is 0.352 e. The van der Waals surface area contributed by atoms with E-state index in [1.807, 2.05) is 49.3 Å². The van der Waals surface area contributed by atoms with Crippen molar-refractivity contribution >= 4 is 16.0 Å². The second-order valence-corrected chi connectivity index (χ2v) is 9.07. The summed E-state index contributed by atoms with van der Waals surface area (Å²) in [6, 6.07) is 17.2. The van der Waals surface area contributed by atoms with E-state index < -0.39 is 10.0 Å². The fourth-order valence-electron chi connectivity index (χ4n) is 3.14. The first-order chi connectivity index (χ1) is 13.5. The van der Waals surface area contributed by atoms with Crippen LogP contribution in [0, 0.1) is 0 Å². The van der Waals surface area contributed by atoms with Crippen molar-refractivity contribution in [3.63, 3.8) is 0 Å². The number of guanidine groups is 1. The SMILES string of the molecule is CN(C)C(=NCc1ccccc1)NCc1ccc(S(=O)(=O)N2CCCC2)cc1. The molecule has 1 aliphatic rings. The third-order valence-electron chi connectivity index (χ3n) is 4.75. The molecule has 0 atom stereocenters. The highest BCUT2D eigenvalue weighted by Gasteiger charge is 2.26. The first-order valence-electron chi connectivity index (χ1n) is 9.55. The predicted octanol–water partition coefficient (Wildman–Crippen LogP) is 2.68. The number of rotatable bonds is 6. The van der Waals surface area contributed by atoms with E-state index in [-0.39, 0.29) is 0 Å². The average Bonchev–Trinajstić information content (AvgIpc) is 3.24. The molecule has 3 rings (SSSR count). The van der Waals surface area contributed by atoms with Gasteiger partial charge < -0.3 is 10.2 Å². The van der Waals surface area contributed by atoms with Gasteiger partial charge in [0.15, 0.2) is 5.96 Å². The van der Waals surface area contributed by atoms with Gasteiger partial charge in [-0.15, -0.1) is 0 Å². The summed E-state index contributed by atoms with van der Waals surface area (Å²) in [5, 5.41) is 3.34. The van der Waals surface area contributed by atoms with Crippen molar-refractivity contribution in [2.45, 2.75) is 30.8 Å². The summed E-state index contributed by atoms with van der Waals surface area (Å²) in [4.78, 5) is 6.95. The van der Waals surface area contributed by atoms with Gasteiger partial charge in [-0.3, -0.25) is 0 Å². The smallest absolute Gasteiger partial charge is 0.243 e. The average molecular weight is 401 g/mol. The number of benzene rings is 2. The van der Waals surface area contributed by atoms with Gasteiger partial charge in [0, 0.05) is 33.7 Å². The van der Waals surface area contributed by atoms with Crippen molar-refractivity contribution in [3.05, 3.63) is 65.7 Å². The molecule has 1 heterocycles. The van der Waals surface area contributed by atoms with Crippen LogP contribution >= 0.6 is 0 Å². The molecule has 0 aromatic heterocycles. The second-order valence-electron chi connectivity index (χ2n) is 7.13. The zero-order valence-corrected chi connectivity index (χ0v) is 17.3.